The van der Waals surface area contributed by atoms with Crippen molar-refractivity contribution in [2.45, 2.75) is 156 Å². The van der Waals surface area contributed by atoms with Crippen molar-refractivity contribution in [2.75, 3.05) is 120 Å². The monoisotopic (exact) mass is 2000 g/mol. The molecular weight excluding hydrogens is 1900 g/mol. The lowest BCUT2D eigenvalue weighted by Crippen LogP contribution is -2.46. The lowest BCUT2D eigenvalue weighted by molar-refractivity contribution is -0.138. The van der Waals surface area contributed by atoms with E-state index in [1.807, 2.05) is 124 Å². The van der Waals surface area contributed by atoms with E-state index in [0.29, 0.717) is 161 Å². The standard InChI is InChI=1S/C27H29F4N5O.2C26H27F4N5O.C25H25F4N5O/c1-3-18-12-22(34-21-7-5-6-20(13-21)27(29,30)31)9-8-19(18)14-32-16-25-33-15-24(28)26(35-25)36-10-11-37-17-23(36)4-2;1-3-18-11-22(33-21-6-4-5-20(12-21)26(28,29)30)8-7-19(18)13-31-15-24-32-14-23(27)25(34-24)35-9-10-36-17(2)16-35;1-3-22-16-35(9-10-36-22)25-23(27)14-32-24(34-25)15-31-13-18-7-8-21(11-17(18)2)33-20-6-4-5-19(12-20)26(28,29)30;1-16-10-21(32-20-5-3-4-19(11-20)25(27,28)29)7-6-18(16)12-30-14-23-31-13-22(26)24(33-23)34-8-9-35-15-17(34)2/h5-9,12-15,23,34H,3-4,10-11,16-17H2,1-2H3;4-8,11-14,17,33H,3,9-10,15-16H2,1-2H3;4-8,11-14,22,33H,3,9-10,15-16H2,1-2H3;3-7,10-13,17,32H,8-9,14-15H2,1-2H3. The van der Waals surface area contributed by atoms with Gasteiger partial charge in [0.15, 0.2) is 69.8 Å². The first-order valence-corrected chi connectivity index (χ1v) is 46.7. The number of aliphatic imine (C=N–C) groups is 4. The molecule has 4 aromatic heterocycles. The van der Waals surface area contributed by atoms with Gasteiger partial charge in [-0.05, 0) is 219 Å². The average Bonchev–Trinajstić information content (AvgIpc) is 0.623. The van der Waals surface area contributed by atoms with Crippen LogP contribution in [0.15, 0.2) is 215 Å². The highest BCUT2D eigenvalue weighted by atomic mass is 19.4. The first kappa shape index (κ1) is 107. The van der Waals surface area contributed by atoms with Crippen LogP contribution >= 0.6 is 0 Å². The highest BCUT2D eigenvalue weighted by molar-refractivity contribution is 5.86. The van der Waals surface area contributed by atoms with Crippen LogP contribution in [-0.2, 0) is 82.7 Å². The smallest absolute Gasteiger partial charge is 0.377 e. The Morgan fingerprint density at radius 3 is 1.04 bits per heavy atom. The highest BCUT2D eigenvalue weighted by Gasteiger charge is 2.36. The van der Waals surface area contributed by atoms with Gasteiger partial charge in [-0.2, -0.15) is 52.7 Å². The minimum absolute atomic E-state index is 0.00640. The number of aryl methyl sites for hydroxylation is 4. The quantitative estimate of drug-likeness (QED) is 0.0263. The number of morpholine rings is 4. The SMILES string of the molecule is CCC1CN(c2nc(CN=Cc3ccc(Nc4cccc(C(F)(F)F)c4)cc3C)ncc2F)CCO1.CCc1cc(Nc2cccc(C(F)(F)F)c2)ccc1C=NCc1ncc(F)c(N2CCOC(C)C2)n1.CCc1cc(Nc2cccc(C(F)(F)F)c2)ccc1C=NCc1ncc(F)c(N2CCOCC2CC)n1.Cc1cc(Nc2cccc(C(F)(F)F)c2)ccc1C=NCc1ncc(F)c(N2CCOCC2C)n1. The third-order valence-corrected chi connectivity index (χ3v) is 23.5. The van der Waals surface area contributed by atoms with Gasteiger partial charge in [-0.15, -0.1) is 0 Å². The summed E-state index contributed by atoms with van der Waals surface area (Å²) >= 11 is 0. The minimum atomic E-state index is -4.40. The fourth-order valence-corrected chi connectivity index (χ4v) is 15.9. The molecule has 0 aliphatic carbocycles. The van der Waals surface area contributed by atoms with E-state index in [1.165, 1.54) is 42.9 Å². The summed E-state index contributed by atoms with van der Waals surface area (Å²) in [5.74, 6) is 0.765. The van der Waals surface area contributed by atoms with Crippen molar-refractivity contribution in [1.82, 2.24) is 39.9 Å². The van der Waals surface area contributed by atoms with Gasteiger partial charge in [-0.3, -0.25) is 20.0 Å². The third kappa shape index (κ3) is 30.5. The van der Waals surface area contributed by atoms with E-state index in [0.717, 1.165) is 112 Å². The van der Waals surface area contributed by atoms with Crippen molar-refractivity contribution in [3.8, 4) is 0 Å². The molecule has 4 aliphatic heterocycles. The molecule has 4 atom stereocenters. The number of anilines is 12. The number of halogens is 16. The number of nitrogens with one attached hydrogen (secondary N) is 4. The van der Waals surface area contributed by atoms with Gasteiger partial charge in [-0.25, -0.2) is 57.4 Å². The zero-order valence-electron chi connectivity index (χ0n) is 80.1. The summed E-state index contributed by atoms with van der Waals surface area (Å²) in [4.78, 5) is 59.1. The third-order valence-electron chi connectivity index (χ3n) is 23.5. The van der Waals surface area contributed by atoms with Crippen LogP contribution < -0.4 is 40.9 Å². The molecule has 0 amide bonds. The molecule has 0 spiro atoms. The normalized spacial score (nSPS) is 16.5. The zero-order valence-corrected chi connectivity index (χ0v) is 80.1. The molecule has 0 radical (unpaired) electrons. The van der Waals surface area contributed by atoms with Gasteiger partial charge >= 0.3 is 24.7 Å². The van der Waals surface area contributed by atoms with Crippen LogP contribution in [0.25, 0.3) is 0 Å². The van der Waals surface area contributed by atoms with Crippen LogP contribution in [0.5, 0.6) is 0 Å². The molecule has 144 heavy (non-hydrogen) atoms. The van der Waals surface area contributed by atoms with E-state index >= 15 is 0 Å². The van der Waals surface area contributed by atoms with Gasteiger partial charge in [0.25, 0.3) is 0 Å². The Kier molecular flexibility index (Phi) is 37.0. The van der Waals surface area contributed by atoms with E-state index in [-0.39, 0.29) is 73.7 Å². The summed E-state index contributed by atoms with van der Waals surface area (Å²) in [5, 5.41) is 12.1. The minimum Gasteiger partial charge on any atom is -0.377 e. The zero-order chi connectivity index (χ0) is 103. The van der Waals surface area contributed by atoms with E-state index in [9.17, 15) is 70.2 Å². The maximum atomic E-state index is 14.5. The number of hydrogen-bond acceptors (Lipinski definition) is 24. The van der Waals surface area contributed by atoms with Crippen LogP contribution in [0.3, 0.4) is 0 Å². The summed E-state index contributed by atoms with van der Waals surface area (Å²) in [7, 11) is 0. The van der Waals surface area contributed by atoms with Crippen LogP contribution in [0, 0.1) is 37.1 Å². The maximum Gasteiger partial charge on any atom is 0.416 e. The second-order valence-electron chi connectivity index (χ2n) is 34.1. The molecule has 4 aliphatic rings. The Labute approximate surface area is 822 Å². The number of alkyl halides is 12. The molecule has 24 nitrogen and oxygen atoms in total. The molecule has 40 heteroatoms. The van der Waals surface area contributed by atoms with Gasteiger partial charge in [0.1, 0.15) is 0 Å². The molecule has 0 bridgehead atoms. The van der Waals surface area contributed by atoms with E-state index in [2.05, 4.69) is 81.1 Å². The first-order chi connectivity index (χ1) is 68.9. The van der Waals surface area contributed by atoms with Crippen molar-refractivity contribution in [2.24, 2.45) is 20.0 Å². The Hall–Kier alpha value is -14.1. The van der Waals surface area contributed by atoms with E-state index in [1.54, 1.807) is 73.4 Å². The fraction of sp³-hybridized carbons (Fsp3) is 0.346. The predicted molar refractivity (Wildman–Crippen MR) is 526 cm³/mol. The highest BCUT2D eigenvalue weighted by Crippen LogP contribution is 2.38. The van der Waals surface area contributed by atoms with Crippen LogP contribution in [0.2, 0.25) is 0 Å². The predicted octanol–water partition coefficient (Wildman–Crippen LogP) is 23.4. The number of ether oxygens (including phenoxy) is 4. The summed E-state index contributed by atoms with van der Waals surface area (Å²) in [6, 6.07) is 42.2. The Balaban J connectivity index is 0.000000161. The molecule has 4 saturated heterocycles. The molecule has 4 unspecified atom stereocenters. The average molecular weight is 2010 g/mol. The molecule has 0 saturated carbocycles. The molecule has 760 valence electrons. The second kappa shape index (κ2) is 49.7. The van der Waals surface area contributed by atoms with Gasteiger partial charge < -0.3 is 59.8 Å². The second-order valence-corrected chi connectivity index (χ2v) is 34.1. The van der Waals surface area contributed by atoms with E-state index < -0.39 is 70.2 Å². The molecule has 8 aromatic carbocycles. The molecular formula is C104H108F16N20O4. The number of rotatable bonds is 28. The molecule has 4 fully saturated rings. The van der Waals surface area contributed by atoms with Gasteiger partial charge in [0.05, 0.1) is 137 Å². The topological polar surface area (TPSA) is 251 Å². The van der Waals surface area contributed by atoms with E-state index in [4.69, 9.17) is 18.9 Å². The first-order valence-electron chi connectivity index (χ1n) is 46.7. The van der Waals surface area contributed by atoms with Crippen LogP contribution in [0.4, 0.5) is 139 Å². The summed E-state index contributed by atoms with van der Waals surface area (Å²) < 4.78 is 235. The number of hydrogen-bond donors (Lipinski definition) is 4. The Bertz CT molecular complexity index is 6450. The Morgan fingerprint density at radius 1 is 0.361 bits per heavy atom. The van der Waals surface area contributed by atoms with Crippen LogP contribution in [0.1, 0.15) is 144 Å². The van der Waals surface area contributed by atoms with Crippen molar-refractivity contribution in [1.29, 1.82) is 0 Å². The van der Waals surface area contributed by atoms with Crippen molar-refractivity contribution >= 4 is 93.6 Å². The Morgan fingerprint density at radius 2 is 0.688 bits per heavy atom. The lowest BCUT2D eigenvalue weighted by atomic mass is 10.0. The van der Waals surface area contributed by atoms with Crippen molar-refractivity contribution < 1.29 is 89.2 Å². The molecule has 16 rings (SSSR count). The van der Waals surface area contributed by atoms with Gasteiger partial charge in [-0.1, -0.05) is 76.2 Å². The molecule has 12 aromatic rings. The largest absolute Gasteiger partial charge is 0.416 e. The van der Waals surface area contributed by atoms with Crippen molar-refractivity contribution in [3.05, 3.63) is 308 Å². The lowest BCUT2D eigenvalue weighted by Gasteiger charge is -2.36. The number of benzene rings is 8. The summed E-state index contributed by atoms with van der Waals surface area (Å²) in [6.45, 7) is 22.9. The number of nitrogens with zero attached hydrogens (tertiary/aromatic N) is 16. The van der Waals surface area contributed by atoms with Crippen molar-refractivity contribution in [3.63, 3.8) is 0 Å². The fourth-order valence-electron chi connectivity index (χ4n) is 15.9. The van der Waals surface area contributed by atoms with Gasteiger partial charge in [0.2, 0.25) is 0 Å². The number of aromatic nitrogens is 8. The maximum absolute atomic E-state index is 14.5. The van der Waals surface area contributed by atoms with Gasteiger partial charge in [0, 0.05) is 110 Å². The summed E-state index contributed by atoms with van der Waals surface area (Å²) in [5.41, 5.74) is 8.37. The van der Waals surface area contributed by atoms with Crippen LogP contribution in [-0.4, -0.2) is 168 Å². The summed E-state index contributed by atoms with van der Waals surface area (Å²) in [6.07, 6.45) is -3.06. The molecule has 4 N–H and O–H groups in total. The molecule has 8 heterocycles.